The molecule has 0 saturated carbocycles. The lowest BCUT2D eigenvalue weighted by Crippen LogP contribution is -2.34. The predicted octanol–water partition coefficient (Wildman–Crippen LogP) is 5.71. The lowest BCUT2D eigenvalue weighted by molar-refractivity contribution is -0.210. The Morgan fingerprint density at radius 2 is 1.72 bits per heavy atom. The summed E-state index contributed by atoms with van der Waals surface area (Å²) in [4.78, 5) is 0.863. The molecule has 0 saturated heterocycles. The van der Waals surface area contributed by atoms with Gasteiger partial charge in [0.2, 0.25) is 0 Å². The molecule has 0 N–H and O–H groups in total. The molecule has 2 aromatic heterocycles. The SMILES string of the molecule is Cc1csc2c(C)c(CC(C)(C)C(F)(F)F)sc12. The molecule has 0 fully saturated rings. The van der Waals surface area contributed by atoms with Crippen LogP contribution in [0.3, 0.4) is 0 Å². The molecule has 0 aromatic carbocycles. The number of fused-ring (bicyclic) bond motifs is 1. The normalized spacial score (nSPS) is 13.5. The molecule has 5 heteroatoms. The average molecular weight is 292 g/mol. The first kappa shape index (κ1) is 13.9. The van der Waals surface area contributed by atoms with Crippen molar-refractivity contribution in [3.8, 4) is 0 Å². The predicted molar refractivity (Wildman–Crippen MR) is 72.7 cm³/mol. The molecular formula is C13H15F3S2. The third kappa shape index (κ3) is 2.18. The Labute approximate surface area is 112 Å². The van der Waals surface area contributed by atoms with Gasteiger partial charge in [0.15, 0.2) is 0 Å². The molecule has 0 nitrogen and oxygen atoms in total. The van der Waals surface area contributed by atoms with Crippen molar-refractivity contribution in [1.29, 1.82) is 0 Å². The van der Waals surface area contributed by atoms with Gasteiger partial charge >= 0.3 is 6.18 Å². The molecule has 0 aliphatic carbocycles. The number of rotatable bonds is 2. The number of alkyl halides is 3. The fourth-order valence-electron chi connectivity index (χ4n) is 1.82. The minimum atomic E-state index is -4.16. The van der Waals surface area contributed by atoms with E-state index in [4.69, 9.17) is 0 Å². The quantitative estimate of drug-likeness (QED) is 0.665. The van der Waals surface area contributed by atoms with Crippen molar-refractivity contribution in [3.05, 3.63) is 21.4 Å². The van der Waals surface area contributed by atoms with Gasteiger partial charge in [-0.2, -0.15) is 13.2 Å². The van der Waals surface area contributed by atoms with Gasteiger partial charge in [0.05, 0.1) is 5.41 Å². The van der Waals surface area contributed by atoms with Gasteiger partial charge in [0, 0.05) is 14.3 Å². The topological polar surface area (TPSA) is 0 Å². The molecule has 2 aromatic rings. The van der Waals surface area contributed by atoms with Crippen LogP contribution in [0.4, 0.5) is 13.2 Å². The second-order valence-electron chi connectivity index (χ2n) is 5.29. The van der Waals surface area contributed by atoms with E-state index in [1.54, 1.807) is 11.3 Å². The first-order valence-electron chi connectivity index (χ1n) is 5.66. The van der Waals surface area contributed by atoms with Gasteiger partial charge < -0.3 is 0 Å². The molecule has 0 aliphatic heterocycles. The third-order valence-corrected chi connectivity index (χ3v) is 6.05. The maximum Gasteiger partial charge on any atom is 0.394 e. The van der Waals surface area contributed by atoms with Crippen LogP contribution in [0.1, 0.15) is 29.9 Å². The van der Waals surface area contributed by atoms with Gasteiger partial charge in [0.1, 0.15) is 0 Å². The second kappa shape index (κ2) is 4.23. The monoisotopic (exact) mass is 292 g/mol. The minimum absolute atomic E-state index is 0.0633. The summed E-state index contributed by atoms with van der Waals surface area (Å²) in [5, 5.41) is 2.06. The van der Waals surface area contributed by atoms with Crippen LogP contribution in [0.25, 0.3) is 9.40 Å². The highest BCUT2D eigenvalue weighted by Gasteiger charge is 2.47. The molecule has 0 radical (unpaired) electrons. The van der Waals surface area contributed by atoms with Gasteiger partial charge in [-0.05, 0) is 36.8 Å². The largest absolute Gasteiger partial charge is 0.394 e. The zero-order valence-electron chi connectivity index (χ0n) is 10.7. The molecule has 18 heavy (non-hydrogen) atoms. The van der Waals surface area contributed by atoms with Crippen LogP contribution in [-0.2, 0) is 6.42 Å². The summed E-state index contributed by atoms with van der Waals surface area (Å²) in [7, 11) is 0. The van der Waals surface area contributed by atoms with Crippen molar-refractivity contribution < 1.29 is 13.2 Å². The van der Waals surface area contributed by atoms with Crippen LogP contribution in [0.15, 0.2) is 5.38 Å². The molecule has 0 atom stereocenters. The van der Waals surface area contributed by atoms with E-state index < -0.39 is 11.6 Å². The Balaban J connectivity index is 2.41. The van der Waals surface area contributed by atoms with Crippen molar-refractivity contribution in [2.24, 2.45) is 5.41 Å². The number of aryl methyl sites for hydroxylation is 2. The van der Waals surface area contributed by atoms with Crippen molar-refractivity contribution in [2.75, 3.05) is 0 Å². The van der Waals surface area contributed by atoms with E-state index in [-0.39, 0.29) is 6.42 Å². The van der Waals surface area contributed by atoms with Gasteiger partial charge in [0.25, 0.3) is 0 Å². The summed E-state index contributed by atoms with van der Waals surface area (Å²) in [5.41, 5.74) is 0.517. The highest BCUT2D eigenvalue weighted by Crippen LogP contribution is 2.45. The van der Waals surface area contributed by atoms with Crippen molar-refractivity contribution >= 4 is 32.1 Å². The molecule has 0 aliphatic rings. The number of hydrogen-bond donors (Lipinski definition) is 0. The first-order chi connectivity index (χ1) is 8.13. The van der Waals surface area contributed by atoms with E-state index in [2.05, 4.69) is 5.38 Å². The van der Waals surface area contributed by atoms with Crippen LogP contribution in [0.5, 0.6) is 0 Å². The molecule has 2 heterocycles. The summed E-state index contributed by atoms with van der Waals surface area (Å²) in [5.74, 6) is 0. The van der Waals surface area contributed by atoms with Crippen molar-refractivity contribution in [1.82, 2.24) is 0 Å². The van der Waals surface area contributed by atoms with Crippen molar-refractivity contribution in [2.45, 2.75) is 40.3 Å². The van der Waals surface area contributed by atoms with E-state index in [1.807, 2.05) is 13.8 Å². The Morgan fingerprint density at radius 3 is 2.22 bits per heavy atom. The summed E-state index contributed by atoms with van der Waals surface area (Å²) in [6.45, 7) is 6.48. The Hall–Kier alpha value is -0.550. The van der Waals surface area contributed by atoms with Crippen LogP contribution in [-0.4, -0.2) is 6.18 Å². The summed E-state index contributed by atoms with van der Waals surface area (Å²) >= 11 is 3.13. The molecule has 100 valence electrons. The first-order valence-corrected chi connectivity index (χ1v) is 7.36. The molecular weight excluding hydrogens is 277 g/mol. The smallest absolute Gasteiger partial charge is 0.171 e. The highest BCUT2D eigenvalue weighted by atomic mass is 32.1. The average Bonchev–Trinajstić information content (AvgIpc) is 2.69. The Kier molecular flexibility index (Phi) is 3.26. The zero-order valence-corrected chi connectivity index (χ0v) is 12.4. The third-order valence-electron chi connectivity index (χ3n) is 3.27. The second-order valence-corrected chi connectivity index (χ2v) is 7.27. The fourth-order valence-corrected chi connectivity index (χ4v) is 4.60. The van der Waals surface area contributed by atoms with Gasteiger partial charge in [-0.25, -0.2) is 0 Å². The summed E-state index contributed by atoms with van der Waals surface area (Å²) in [6.07, 6.45) is -4.10. The maximum atomic E-state index is 12.9. The summed E-state index contributed by atoms with van der Waals surface area (Å²) in [6, 6.07) is 0. The standard InChI is InChI=1S/C13H15F3S2/c1-7-6-17-11-8(2)9(18-10(7)11)5-12(3,4)13(14,15)16/h6H,5H2,1-4H3. The lowest BCUT2D eigenvalue weighted by atomic mass is 9.87. The number of thiophene rings is 2. The number of halogens is 3. The molecule has 0 amide bonds. The van der Waals surface area contributed by atoms with Gasteiger partial charge in [-0.3, -0.25) is 0 Å². The lowest BCUT2D eigenvalue weighted by Gasteiger charge is -2.27. The molecule has 0 bridgehead atoms. The van der Waals surface area contributed by atoms with E-state index in [9.17, 15) is 13.2 Å². The Bertz CT molecular complexity index is 573. The van der Waals surface area contributed by atoms with Crippen LogP contribution in [0.2, 0.25) is 0 Å². The van der Waals surface area contributed by atoms with Gasteiger partial charge in [-0.15, -0.1) is 22.7 Å². The van der Waals surface area contributed by atoms with Crippen LogP contribution < -0.4 is 0 Å². The van der Waals surface area contributed by atoms with E-state index >= 15 is 0 Å². The van der Waals surface area contributed by atoms with E-state index in [0.717, 1.165) is 19.8 Å². The zero-order chi connectivity index (χ0) is 13.7. The number of hydrogen-bond acceptors (Lipinski definition) is 2. The fraction of sp³-hybridized carbons (Fsp3) is 0.538. The van der Waals surface area contributed by atoms with E-state index in [1.165, 1.54) is 30.7 Å². The molecule has 2 rings (SSSR count). The van der Waals surface area contributed by atoms with Crippen LogP contribution >= 0.6 is 22.7 Å². The summed E-state index contributed by atoms with van der Waals surface area (Å²) < 4.78 is 41.0. The Morgan fingerprint density at radius 1 is 1.11 bits per heavy atom. The van der Waals surface area contributed by atoms with E-state index in [0.29, 0.717) is 0 Å². The van der Waals surface area contributed by atoms with Gasteiger partial charge in [-0.1, -0.05) is 13.8 Å². The van der Waals surface area contributed by atoms with Crippen LogP contribution in [0, 0.1) is 19.3 Å². The molecule has 0 spiro atoms. The highest BCUT2D eigenvalue weighted by molar-refractivity contribution is 7.27. The maximum absolute atomic E-state index is 12.9. The van der Waals surface area contributed by atoms with Crippen molar-refractivity contribution in [3.63, 3.8) is 0 Å². The molecule has 0 unspecified atom stereocenters. The minimum Gasteiger partial charge on any atom is -0.171 e.